The van der Waals surface area contributed by atoms with Crippen LogP contribution < -0.4 is 0 Å². The van der Waals surface area contributed by atoms with Gasteiger partial charge in [0.25, 0.3) is 0 Å². The van der Waals surface area contributed by atoms with Gasteiger partial charge >= 0.3 is 0 Å². The average Bonchev–Trinajstić information content (AvgIpc) is 2.46. The van der Waals surface area contributed by atoms with E-state index >= 15 is 0 Å². The first-order valence-electron chi connectivity index (χ1n) is 8.05. The highest BCUT2D eigenvalue weighted by Gasteiger charge is 2.48. The smallest absolute Gasteiger partial charge is 0.115 e. The van der Waals surface area contributed by atoms with Gasteiger partial charge in [-0.15, -0.1) is 0 Å². The lowest BCUT2D eigenvalue weighted by Crippen LogP contribution is -2.59. The first-order chi connectivity index (χ1) is 9.95. The number of methoxy groups -OCH3 is 1. The van der Waals surface area contributed by atoms with E-state index in [-0.39, 0.29) is 11.5 Å². The van der Waals surface area contributed by atoms with Gasteiger partial charge in [-0.3, -0.25) is 4.90 Å². The first-order valence-corrected chi connectivity index (χ1v) is 8.05. The van der Waals surface area contributed by atoms with Crippen molar-refractivity contribution in [2.24, 2.45) is 5.92 Å². The number of piperidine rings is 1. The molecule has 21 heavy (non-hydrogen) atoms. The molecule has 0 radical (unpaired) electrons. The monoisotopic (exact) mass is 289 g/mol. The number of phenolic OH excluding ortho intramolecular Hbond substituents is 1. The third kappa shape index (κ3) is 2.36. The zero-order valence-corrected chi connectivity index (χ0v) is 13.6. The van der Waals surface area contributed by atoms with Gasteiger partial charge in [0, 0.05) is 19.7 Å². The van der Waals surface area contributed by atoms with Crippen molar-refractivity contribution in [3.63, 3.8) is 0 Å². The Hall–Kier alpha value is -1.06. The molecule has 2 bridgehead atoms. The Morgan fingerprint density at radius 1 is 1.48 bits per heavy atom. The molecule has 0 saturated carbocycles. The van der Waals surface area contributed by atoms with Gasteiger partial charge in [-0.05, 0) is 60.9 Å². The third-order valence-electron chi connectivity index (χ3n) is 6.00. The summed E-state index contributed by atoms with van der Waals surface area (Å²) in [7, 11) is 1.79. The summed E-state index contributed by atoms with van der Waals surface area (Å²) >= 11 is 0. The Bertz CT molecular complexity index is 530. The number of ether oxygens (including phenoxy) is 1. The highest BCUT2D eigenvalue weighted by atomic mass is 16.5. The molecule has 4 atom stereocenters. The van der Waals surface area contributed by atoms with Crippen LogP contribution in [0, 0.1) is 5.92 Å². The Morgan fingerprint density at radius 2 is 2.24 bits per heavy atom. The van der Waals surface area contributed by atoms with Gasteiger partial charge in [0.2, 0.25) is 0 Å². The summed E-state index contributed by atoms with van der Waals surface area (Å²) in [6, 6.07) is 6.52. The van der Waals surface area contributed by atoms with Crippen molar-refractivity contribution in [3.05, 3.63) is 29.3 Å². The quantitative estimate of drug-likeness (QED) is 0.928. The molecular formula is C18H27NO2. The summed E-state index contributed by atoms with van der Waals surface area (Å²) in [6.07, 6.45) is 2.52. The van der Waals surface area contributed by atoms with E-state index in [0.717, 1.165) is 25.9 Å². The molecule has 1 saturated heterocycles. The Labute approximate surface area is 127 Å². The van der Waals surface area contributed by atoms with Crippen molar-refractivity contribution < 1.29 is 9.84 Å². The van der Waals surface area contributed by atoms with Crippen LogP contribution in [0.25, 0.3) is 0 Å². The van der Waals surface area contributed by atoms with E-state index in [4.69, 9.17) is 4.74 Å². The van der Waals surface area contributed by atoms with Gasteiger partial charge in [-0.25, -0.2) is 0 Å². The van der Waals surface area contributed by atoms with Crippen LogP contribution in [-0.4, -0.2) is 42.4 Å². The number of rotatable bonds is 3. The molecule has 3 nitrogen and oxygen atoms in total. The Morgan fingerprint density at radius 3 is 2.95 bits per heavy atom. The van der Waals surface area contributed by atoms with Crippen molar-refractivity contribution in [2.45, 2.75) is 51.2 Å². The minimum atomic E-state index is 0.184. The molecule has 1 heterocycles. The van der Waals surface area contributed by atoms with E-state index in [1.54, 1.807) is 7.11 Å². The Kier molecular flexibility index (Phi) is 3.74. The number of fused-ring (bicyclic) bond motifs is 4. The molecule has 0 amide bonds. The summed E-state index contributed by atoms with van der Waals surface area (Å²) < 4.78 is 5.46. The summed E-state index contributed by atoms with van der Waals surface area (Å²) in [6.45, 7) is 9.02. The molecule has 2 aliphatic rings. The predicted octanol–water partition coefficient (Wildman–Crippen LogP) is 2.95. The molecule has 1 fully saturated rings. The largest absolute Gasteiger partial charge is 0.508 e. The van der Waals surface area contributed by atoms with Crippen LogP contribution in [0.2, 0.25) is 0 Å². The molecule has 1 aromatic rings. The topological polar surface area (TPSA) is 32.7 Å². The molecule has 1 aliphatic heterocycles. The van der Waals surface area contributed by atoms with Crippen molar-refractivity contribution in [1.82, 2.24) is 4.90 Å². The molecular weight excluding hydrogens is 262 g/mol. The molecule has 1 aromatic carbocycles. The molecule has 1 N–H and O–H groups in total. The van der Waals surface area contributed by atoms with Crippen LogP contribution in [0.4, 0.5) is 0 Å². The van der Waals surface area contributed by atoms with Gasteiger partial charge in [-0.2, -0.15) is 0 Å². The number of benzene rings is 1. The zero-order chi connectivity index (χ0) is 15.2. The maximum Gasteiger partial charge on any atom is 0.115 e. The summed E-state index contributed by atoms with van der Waals surface area (Å²) in [5.74, 6) is 1.00. The number of aromatic hydroxyl groups is 1. The fraction of sp³-hybridized carbons (Fsp3) is 0.667. The summed E-state index contributed by atoms with van der Waals surface area (Å²) in [4.78, 5) is 2.61. The van der Waals surface area contributed by atoms with E-state index in [1.807, 2.05) is 12.1 Å². The minimum absolute atomic E-state index is 0.184. The second kappa shape index (κ2) is 5.29. The second-order valence-corrected chi connectivity index (χ2v) is 7.11. The Balaban J connectivity index is 1.94. The highest BCUT2D eigenvalue weighted by molar-refractivity contribution is 5.44. The van der Waals surface area contributed by atoms with Crippen LogP contribution >= 0.6 is 0 Å². The van der Waals surface area contributed by atoms with Gasteiger partial charge in [0.05, 0.1) is 6.10 Å². The fourth-order valence-electron chi connectivity index (χ4n) is 4.33. The van der Waals surface area contributed by atoms with Crippen LogP contribution in [0.15, 0.2) is 18.2 Å². The highest BCUT2D eigenvalue weighted by Crippen LogP contribution is 2.49. The van der Waals surface area contributed by atoms with E-state index < -0.39 is 0 Å². The zero-order valence-electron chi connectivity index (χ0n) is 13.6. The average molecular weight is 289 g/mol. The number of nitrogens with zero attached hydrogens (tertiary/aromatic N) is 1. The van der Waals surface area contributed by atoms with Crippen molar-refractivity contribution in [1.29, 1.82) is 0 Å². The molecule has 3 heteroatoms. The second-order valence-electron chi connectivity index (χ2n) is 7.11. The predicted molar refractivity (Wildman–Crippen MR) is 84.8 cm³/mol. The summed E-state index contributed by atoms with van der Waals surface area (Å²) in [5, 5.41) is 9.86. The fourth-order valence-corrected chi connectivity index (χ4v) is 4.33. The maximum absolute atomic E-state index is 9.86. The van der Waals surface area contributed by atoms with Gasteiger partial charge in [0.1, 0.15) is 5.75 Å². The molecule has 0 unspecified atom stereocenters. The van der Waals surface area contributed by atoms with Crippen LogP contribution in [0.1, 0.15) is 38.3 Å². The SMILES string of the molecule is CO[C@H](C)CN1CC[C@@]2(C)c3cc(O)ccc3C[C@H]1[C@@H]2C. The lowest BCUT2D eigenvalue weighted by molar-refractivity contribution is -0.00624. The lowest BCUT2D eigenvalue weighted by Gasteiger charge is -2.55. The normalized spacial score (nSPS) is 33.5. The minimum Gasteiger partial charge on any atom is -0.508 e. The standard InChI is InChI=1S/C18H27NO2/c1-12(21-4)11-19-8-7-18(3)13(2)17(19)9-14-5-6-15(20)10-16(14)18/h5-6,10,12-13,17,20H,7-9,11H2,1-4H3/t12-,13+,17+,18-/m1/s1. The number of phenols is 1. The maximum atomic E-state index is 9.86. The van der Waals surface area contributed by atoms with Crippen LogP contribution in [0.3, 0.4) is 0 Å². The van der Waals surface area contributed by atoms with Crippen molar-refractivity contribution in [3.8, 4) is 5.75 Å². The van der Waals surface area contributed by atoms with Gasteiger partial charge < -0.3 is 9.84 Å². The summed E-state index contributed by atoms with van der Waals surface area (Å²) in [5.41, 5.74) is 2.96. The molecule has 0 spiro atoms. The molecule has 1 aliphatic carbocycles. The molecule has 116 valence electrons. The first kappa shape index (κ1) is 14.9. The van der Waals surface area contributed by atoms with Crippen LogP contribution in [0.5, 0.6) is 5.75 Å². The van der Waals surface area contributed by atoms with Crippen molar-refractivity contribution in [2.75, 3.05) is 20.2 Å². The van der Waals surface area contributed by atoms with Crippen LogP contribution in [-0.2, 0) is 16.6 Å². The van der Waals surface area contributed by atoms with E-state index in [2.05, 4.69) is 31.7 Å². The third-order valence-corrected chi connectivity index (χ3v) is 6.00. The molecule has 3 rings (SSSR count). The molecule has 0 aromatic heterocycles. The number of hydrogen-bond donors (Lipinski definition) is 1. The number of likely N-dealkylation sites (tertiary alicyclic amines) is 1. The lowest BCUT2D eigenvalue weighted by atomic mass is 9.59. The van der Waals surface area contributed by atoms with Gasteiger partial charge in [0.15, 0.2) is 0 Å². The van der Waals surface area contributed by atoms with E-state index in [0.29, 0.717) is 17.7 Å². The van der Waals surface area contributed by atoms with E-state index in [9.17, 15) is 5.11 Å². The van der Waals surface area contributed by atoms with Gasteiger partial charge in [-0.1, -0.05) is 19.9 Å². The van der Waals surface area contributed by atoms with Crippen molar-refractivity contribution >= 4 is 0 Å². The van der Waals surface area contributed by atoms with E-state index in [1.165, 1.54) is 11.1 Å². The number of hydrogen-bond acceptors (Lipinski definition) is 3.